The van der Waals surface area contributed by atoms with Gasteiger partial charge in [-0.25, -0.2) is 4.98 Å². The van der Waals surface area contributed by atoms with Crippen LogP contribution >= 0.6 is 0 Å². The number of hydrogen-bond acceptors (Lipinski definition) is 4. The van der Waals surface area contributed by atoms with Crippen LogP contribution in [0.2, 0.25) is 0 Å². The van der Waals surface area contributed by atoms with Crippen LogP contribution in [0.3, 0.4) is 0 Å². The van der Waals surface area contributed by atoms with Crippen molar-refractivity contribution in [3.05, 3.63) is 36.0 Å². The van der Waals surface area contributed by atoms with Crippen molar-refractivity contribution in [3.8, 4) is 11.5 Å². The van der Waals surface area contributed by atoms with Gasteiger partial charge in [0.1, 0.15) is 5.58 Å². The lowest BCUT2D eigenvalue weighted by molar-refractivity contribution is 0.550. The molecule has 0 aliphatic carbocycles. The molecule has 2 aromatic heterocycles. The number of nitrogens with zero attached hydrogens (tertiary/aromatic N) is 1. The molecule has 4 heteroatoms. The summed E-state index contributed by atoms with van der Waals surface area (Å²) in [6.45, 7) is 1.99. The fourth-order valence-corrected chi connectivity index (χ4v) is 1.80. The second-order valence-electron chi connectivity index (χ2n) is 3.62. The van der Waals surface area contributed by atoms with Crippen LogP contribution in [-0.2, 0) is 0 Å². The molecule has 80 valence electrons. The van der Waals surface area contributed by atoms with Crippen molar-refractivity contribution in [2.75, 3.05) is 5.73 Å². The Balaban J connectivity index is 2.28. The summed E-state index contributed by atoms with van der Waals surface area (Å²) in [7, 11) is 0. The predicted molar refractivity (Wildman–Crippen MR) is 60.9 cm³/mol. The molecule has 0 aliphatic rings. The Hall–Kier alpha value is -2.23. The van der Waals surface area contributed by atoms with Gasteiger partial charge in [-0.1, -0.05) is 18.2 Å². The summed E-state index contributed by atoms with van der Waals surface area (Å²) in [6, 6.07) is 7.99. The summed E-state index contributed by atoms with van der Waals surface area (Å²) in [6.07, 6.45) is 1.57. The minimum Gasteiger partial charge on any atom is -0.452 e. The number of benzene rings is 1. The standard InChI is InChI=1S/C12H10N2O2/c1-7-8-4-2-3-5-9(8)15-11(7)10-6-14-12(13)16-10/h2-6H,1H3,(H2,13,14). The Bertz CT molecular complexity index is 652. The summed E-state index contributed by atoms with van der Waals surface area (Å²) >= 11 is 0. The highest BCUT2D eigenvalue weighted by atomic mass is 16.4. The quantitative estimate of drug-likeness (QED) is 0.676. The first-order valence-corrected chi connectivity index (χ1v) is 4.95. The van der Waals surface area contributed by atoms with Crippen molar-refractivity contribution in [1.29, 1.82) is 0 Å². The second kappa shape index (κ2) is 3.13. The zero-order valence-electron chi connectivity index (χ0n) is 8.73. The van der Waals surface area contributed by atoms with E-state index in [-0.39, 0.29) is 6.01 Å². The van der Waals surface area contributed by atoms with Crippen LogP contribution in [0.4, 0.5) is 6.01 Å². The van der Waals surface area contributed by atoms with E-state index in [4.69, 9.17) is 14.6 Å². The number of oxazole rings is 1. The summed E-state index contributed by atoms with van der Waals surface area (Å²) in [5, 5.41) is 1.08. The molecule has 0 amide bonds. The van der Waals surface area contributed by atoms with Gasteiger partial charge in [-0.3, -0.25) is 0 Å². The highest BCUT2D eigenvalue weighted by Gasteiger charge is 2.15. The minimum absolute atomic E-state index is 0.148. The number of fused-ring (bicyclic) bond motifs is 1. The third kappa shape index (κ3) is 1.20. The van der Waals surface area contributed by atoms with E-state index in [1.165, 1.54) is 0 Å². The fraction of sp³-hybridized carbons (Fsp3) is 0.0833. The number of anilines is 1. The Morgan fingerprint density at radius 2 is 2.00 bits per heavy atom. The summed E-state index contributed by atoms with van der Waals surface area (Å²) in [5.74, 6) is 1.25. The summed E-state index contributed by atoms with van der Waals surface area (Å²) < 4.78 is 11.0. The van der Waals surface area contributed by atoms with Crippen molar-refractivity contribution in [2.24, 2.45) is 0 Å². The highest BCUT2D eigenvalue weighted by molar-refractivity contribution is 5.86. The normalized spacial score (nSPS) is 11.1. The molecule has 0 radical (unpaired) electrons. The first-order chi connectivity index (χ1) is 7.75. The lowest BCUT2D eigenvalue weighted by Crippen LogP contribution is -1.80. The second-order valence-corrected chi connectivity index (χ2v) is 3.62. The maximum atomic E-state index is 5.71. The molecule has 3 aromatic rings. The maximum Gasteiger partial charge on any atom is 0.292 e. The third-order valence-corrected chi connectivity index (χ3v) is 2.59. The van der Waals surface area contributed by atoms with Gasteiger partial charge in [0.05, 0.1) is 6.20 Å². The number of rotatable bonds is 1. The van der Waals surface area contributed by atoms with Crippen molar-refractivity contribution in [2.45, 2.75) is 6.92 Å². The minimum atomic E-state index is 0.148. The van der Waals surface area contributed by atoms with Crippen molar-refractivity contribution < 1.29 is 8.83 Å². The molecule has 16 heavy (non-hydrogen) atoms. The van der Waals surface area contributed by atoms with Gasteiger partial charge >= 0.3 is 0 Å². The van der Waals surface area contributed by atoms with Gasteiger partial charge in [0.25, 0.3) is 6.01 Å². The number of nitrogens with two attached hydrogens (primary N) is 1. The largest absolute Gasteiger partial charge is 0.452 e. The van der Waals surface area contributed by atoms with Crippen LogP contribution in [0.15, 0.2) is 39.3 Å². The van der Waals surface area contributed by atoms with Gasteiger partial charge in [0.2, 0.25) is 0 Å². The average Bonchev–Trinajstić information content (AvgIpc) is 2.84. The van der Waals surface area contributed by atoms with E-state index in [9.17, 15) is 0 Å². The molecule has 4 nitrogen and oxygen atoms in total. The Labute approximate surface area is 91.7 Å². The molecular weight excluding hydrogens is 204 g/mol. The van der Waals surface area contributed by atoms with Crippen molar-refractivity contribution >= 4 is 17.0 Å². The van der Waals surface area contributed by atoms with Crippen molar-refractivity contribution in [1.82, 2.24) is 4.98 Å². The van der Waals surface area contributed by atoms with Crippen molar-refractivity contribution in [3.63, 3.8) is 0 Å². The van der Waals surface area contributed by atoms with Gasteiger partial charge in [0.15, 0.2) is 11.5 Å². The van der Waals surface area contributed by atoms with Gasteiger partial charge in [0, 0.05) is 10.9 Å². The topological polar surface area (TPSA) is 65.2 Å². The molecule has 0 saturated carbocycles. The monoisotopic (exact) mass is 214 g/mol. The SMILES string of the molecule is Cc1c(-c2cnc(N)o2)oc2ccccc12. The van der Waals surface area contributed by atoms with Gasteiger partial charge in [-0.15, -0.1) is 0 Å². The molecule has 0 aliphatic heterocycles. The number of furan rings is 1. The number of para-hydroxylation sites is 1. The summed E-state index contributed by atoms with van der Waals surface area (Å²) in [4.78, 5) is 3.86. The number of hydrogen-bond donors (Lipinski definition) is 1. The Morgan fingerprint density at radius 3 is 2.69 bits per heavy atom. The lowest BCUT2D eigenvalue weighted by atomic mass is 10.1. The molecular formula is C12H10N2O2. The first-order valence-electron chi connectivity index (χ1n) is 4.95. The number of aryl methyl sites for hydroxylation is 1. The molecule has 1 aromatic carbocycles. The zero-order chi connectivity index (χ0) is 11.1. The molecule has 0 unspecified atom stereocenters. The van der Waals surface area contributed by atoms with E-state index in [1.807, 2.05) is 31.2 Å². The molecule has 0 fully saturated rings. The van der Waals surface area contributed by atoms with Crippen LogP contribution in [-0.4, -0.2) is 4.98 Å². The van der Waals surface area contributed by atoms with E-state index < -0.39 is 0 Å². The lowest BCUT2D eigenvalue weighted by Gasteiger charge is -1.90. The molecule has 2 heterocycles. The zero-order valence-corrected chi connectivity index (χ0v) is 8.73. The van der Waals surface area contributed by atoms with Gasteiger partial charge in [-0.05, 0) is 13.0 Å². The molecule has 0 saturated heterocycles. The van der Waals surface area contributed by atoms with Gasteiger partial charge < -0.3 is 14.6 Å². The number of nitrogen functional groups attached to an aromatic ring is 1. The van der Waals surface area contributed by atoms with Crippen LogP contribution in [0.25, 0.3) is 22.5 Å². The molecule has 0 spiro atoms. The summed E-state index contributed by atoms with van der Waals surface area (Å²) in [5.41, 5.74) is 7.31. The van der Waals surface area contributed by atoms with E-state index in [1.54, 1.807) is 6.20 Å². The van der Waals surface area contributed by atoms with E-state index in [0.29, 0.717) is 11.5 Å². The van der Waals surface area contributed by atoms with E-state index in [2.05, 4.69) is 4.98 Å². The Morgan fingerprint density at radius 1 is 1.19 bits per heavy atom. The molecule has 3 rings (SSSR count). The molecule has 0 bridgehead atoms. The van der Waals surface area contributed by atoms with E-state index >= 15 is 0 Å². The van der Waals surface area contributed by atoms with Crippen LogP contribution < -0.4 is 5.73 Å². The first kappa shape index (κ1) is 9.03. The maximum absolute atomic E-state index is 5.71. The number of aromatic nitrogens is 1. The Kier molecular flexibility index (Phi) is 1.77. The smallest absolute Gasteiger partial charge is 0.292 e. The average molecular weight is 214 g/mol. The highest BCUT2D eigenvalue weighted by Crippen LogP contribution is 2.33. The molecule has 2 N–H and O–H groups in total. The van der Waals surface area contributed by atoms with Crippen LogP contribution in [0, 0.1) is 6.92 Å². The van der Waals surface area contributed by atoms with E-state index in [0.717, 1.165) is 16.5 Å². The van der Waals surface area contributed by atoms with Crippen LogP contribution in [0.5, 0.6) is 0 Å². The van der Waals surface area contributed by atoms with Gasteiger partial charge in [-0.2, -0.15) is 0 Å². The third-order valence-electron chi connectivity index (χ3n) is 2.59. The predicted octanol–water partition coefficient (Wildman–Crippen LogP) is 2.98. The van der Waals surface area contributed by atoms with Crippen LogP contribution in [0.1, 0.15) is 5.56 Å². The fourth-order valence-electron chi connectivity index (χ4n) is 1.80. The molecule has 0 atom stereocenters.